The molecule has 0 amide bonds. The van der Waals surface area contributed by atoms with E-state index in [1.807, 2.05) is 24.3 Å². The number of hydrogen-bond acceptors (Lipinski definition) is 2. The van der Waals surface area contributed by atoms with Crippen LogP contribution in [0.5, 0.6) is 0 Å². The molecule has 3 heteroatoms. The highest BCUT2D eigenvalue weighted by Crippen LogP contribution is 2.32. The fourth-order valence-corrected chi connectivity index (χ4v) is 1.89. The van der Waals surface area contributed by atoms with E-state index in [1.165, 1.54) is 19.3 Å². The molecule has 0 aromatic heterocycles. The van der Waals surface area contributed by atoms with E-state index in [0.717, 1.165) is 23.1 Å². The van der Waals surface area contributed by atoms with Crippen molar-refractivity contribution in [2.75, 3.05) is 13.2 Å². The maximum absolute atomic E-state index is 5.84. The summed E-state index contributed by atoms with van der Waals surface area (Å²) in [6.07, 6.45) is 3.93. The van der Waals surface area contributed by atoms with Crippen LogP contribution in [0.1, 0.15) is 30.9 Å². The normalized spacial score (nSPS) is 17.4. The van der Waals surface area contributed by atoms with Crippen LogP contribution in [-0.4, -0.2) is 13.2 Å². The van der Waals surface area contributed by atoms with E-state index in [2.05, 4.69) is 0 Å². The van der Waals surface area contributed by atoms with Gasteiger partial charge < -0.3 is 10.5 Å². The second-order valence-corrected chi connectivity index (χ2v) is 4.82. The van der Waals surface area contributed by atoms with Crippen LogP contribution >= 0.6 is 11.6 Å². The van der Waals surface area contributed by atoms with Gasteiger partial charge in [0.15, 0.2) is 0 Å². The Morgan fingerprint density at radius 2 is 2.00 bits per heavy atom. The van der Waals surface area contributed by atoms with Gasteiger partial charge in [-0.15, -0.1) is 0 Å². The van der Waals surface area contributed by atoms with Gasteiger partial charge in [-0.3, -0.25) is 0 Å². The Morgan fingerprint density at radius 3 is 2.56 bits per heavy atom. The van der Waals surface area contributed by atoms with E-state index in [0.29, 0.717) is 6.54 Å². The molecule has 1 fully saturated rings. The molecule has 1 aliphatic rings. The predicted molar refractivity (Wildman–Crippen MR) is 66.5 cm³/mol. The fraction of sp³-hybridized carbons (Fsp3) is 0.538. The Bertz CT molecular complexity index is 321. The lowest BCUT2D eigenvalue weighted by Crippen LogP contribution is -2.16. The molecule has 1 atom stereocenters. The van der Waals surface area contributed by atoms with E-state index < -0.39 is 0 Å². The van der Waals surface area contributed by atoms with Crippen LogP contribution in [0.25, 0.3) is 0 Å². The van der Waals surface area contributed by atoms with E-state index in [1.54, 1.807) is 0 Å². The summed E-state index contributed by atoms with van der Waals surface area (Å²) in [6.45, 7) is 1.33. The summed E-state index contributed by atoms with van der Waals surface area (Å²) in [7, 11) is 0. The number of nitrogens with two attached hydrogens (primary N) is 1. The van der Waals surface area contributed by atoms with Gasteiger partial charge in [0.1, 0.15) is 0 Å². The molecular formula is C13H18ClNO. The van der Waals surface area contributed by atoms with Crippen molar-refractivity contribution in [1.82, 2.24) is 0 Å². The SMILES string of the molecule is NCC(OCCC1CC1)c1ccc(Cl)cc1. The number of halogens is 1. The minimum Gasteiger partial charge on any atom is -0.372 e. The van der Waals surface area contributed by atoms with Crippen molar-refractivity contribution >= 4 is 11.6 Å². The molecule has 0 bridgehead atoms. The van der Waals surface area contributed by atoms with E-state index in [9.17, 15) is 0 Å². The van der Waals surface area contributed by atoms with Crippen LogP contribution in [0, 0.1) is 5.92 Å². The van der Waals surface area contributed by atoms with Gasteiger partial charge in [-0.1, -0.05) is 36.6 Å². The zero-order valence-corrected chi connectivity index (χ0v) is 10.1. The second kappa shape index (κ2) is 5.67. The summed E-state index contributed by atoms with van der Waals surface area (Å²) in [5.41, 5.74) is 6.83. The number of hydrogen-bond donors (Lipinski definition) is 1. The van der Waals surface area contributed by atoms with Gasteiger partial charge >= 0.3 is 0 Å². The number of rotatable bonds is 6. The zero-order valence-electron chi connectivity index (χ0n) is 9.36. The van der Waals surface area contributed by atoms with Crippen LogP contribution in [0.15, 0.2) is 24.3 Å². The van der Waals surface area contributed by atoms with Crippen LogP contribution in [0.2, 0.25) is 5.02 Å². The van der Waals surface area contributed by atoms with Gasteiger partial charge in [0, 0.05) is 18.2 Å². The Balaban J connectivity index is 1.84. The van der Waals surface area contributed by atoms with Gasteiger partial charge in [0.2, 0.25) is 0 Å². The molecule has 1 unspecified atom stereocenters. The van der Waals surface area contributed by atoms with Crippen LogP contribution in [0.3, 0.4) is 0 Å². The lowest BCUT2D eigenvalue weighted by Gasteiger charge is -2.16. The molecule has 1 aromatic rings. The topological polar surface area (TPSA) is 35.2 Å². The summed E-state index contributed by atoms with van der Waals surface area (Å²) in [4.78, 5) is 0. The first-order valence-electron chi connectivity index (χ1n) is 5.86. The molecular weight excluding hydrogens is 222 g/mol. The molecule has 0 heterocycles. The number of ether oxygens (including phenoxy) is 1. The van der Waals surface area contributed by atoms with Crippen molar-refractivity contribution in [3.8, 4) is 0 Å². The average molecular weight is 240 g/mol. The van der Waals surface area contributed by atoms with Gasteiger partial charge in [0.05, 0.1) is 6.10 Å². The van der Waals surface area contributed by atoms with E-state index >= 15 is 0 Å². The summed E-state index contributed by atoms with van der Waals surface area (Å²) in [5.74, 6) is 0.906. The standard InChI is InChI=1S/C13H18ClNO/c14-12-5-3-11(4-6-12)13(9-15)16-8-7-10-1-2-10/h3-6,10,13H,1-2,7-9,15H2. The number of benzene rings is 1. The minimum atomic E-state index is 0.0102. The zero-order chi connectivity index (χ0) is 11.4. The predicted octanol–water partition coefficient (Wildman–Crippen LogP) is 3.16. The highest BCUT2D eigenvalue weighted by Gasteiger charge is 2.21. The van der Waals surface area contributed by atoms with Gasteiger partial charge in [0.25, 0.3) is 0 Å². The third kappa shape index (κ3) is 3.48. The average Bonchev–Trinajstić information content (AvgIpc) is 3.10. The molecule has 2 rings (SSSR count). The van der Waals surface area contributed by atoms with Crippen molar-refractivity contribution in [3.05, 3.63) is 34.9 Å². The summed E-state index contributed by atoms with van der Waals surface area (Å²) < 4.78 is 5.80. The van der Waals surface area contributed by atoms with Crippen molar-refractivity contribution in [2.45, 2.75) is 25.4 Å². The molecule has 2 nitrogen and oxygen atoms in total. The van der Waals surface area contributed by atoms with Crippen LogP contribution in [-0.2, 0) is 4.74 Å². The molecule has 1 aliphatic carbocycles. The quantitative estimate of drug-likeness (QED) is 0.828. The highest BCUT2D eigenvalue weighted by molar-refractivity contribution is 6.30. The summed E-state index contributed by atoms with van der Waals surface area (Å²) in [6, 6.07) is 7.72. The minimum absolute atomic E-state index is 0.0102. The van der Waals surface area contributed by atoms with Crippen LogP contribution in [0.4, 0.5) is 0 Å². The molecule has 16 heavy (non-hydrogen) atoms. The fourth-order valence-electron chi connectivity index (χ4n) is 1.76. The maximum atomic E-state index is 5.84. The summed E-state index contributed by atoms with van der Waals surface area (Å²) >= 11 is 5.84. The smallest absolute Gasteiger partial charge is 0.0947 e. The first kappa shape index (κ1) is 11.9. The van der Waals surface area contributed by atoms with Gasteiger partial charge in [-0.25, -0.2) is 0 Å². The Kier molecular flexibility index (Phi) is 4.22. The Labute approximate surface area is 102 Å². The molecule has 0 saturated heterocycles. The van der Waals surface area contributed by atoms with Crippen LogP contribution < -0.4 is 5.73 Å². The third-order valence-electron chi connectivity index (χ3n) is 3.00. The van der Waals surface area contributed by atoms with E-state index in [-0.39, 0.29) is 6.10 Å². The van der Waals surface area contributed by atoms with Crippen molar-refractivity contribution in [1.29, 1.82) is 0 Å². The van der Waals surface area contributed by atoms with Crippen molar-refractivity contribution < 1.29 is 4.74 Å². The highest BCUT2D eigenvalue weighted by atomic mass is 35.5. The third-order valence-corrected chi connectivity index (χ3v) is 3.25. The molecule has 0 aliphatic heterocycles. The first-order chi connectivity index (χ1) is 7.79. The molecule has 0 spiro atoms. The Morgan fingerprint density at radius 1 is 1.31 bits per heavy atom. The largest absolute Gasteiger partial charge is 0.372 e. The van der Waals surface area contributed by atoms with Gasteiger partial charge in [-0.2, -0.15) is 0 Å². The molecule has 1 aromatic carbocycles. The molecule has 2 N–H and O–H groups in total. The maximum Gasteiger partial charge on any atom is 0.0947 e. The first-order valence-corrected chi connectivity index (χ1v) is 6.24. The molecule has 1 saturated carbocycles. The van der Waals surface area contributed by atoms with Crippen molar-refractivity contribution in [2.24, 2.45) is 11.7 Å². The second-order valence-electron chi connectivity index (χ2n) is 4.38. The lowest BCUT2D eigenvalue weighted by molar-refractivity contribution is 0.0545. The molecule has 88 valence electrons. The summed E-state index contributed by atoms with van der Waals surface area (Å²) in [5, 5.41) is 0.748. The molecule has 0 radical (unpaired) electrons. The van der Waals surface area contributed by atoms with E-state index in [4.69, 9.17) is 22.1 Å². The van der Waals surface area contributed by atoms with Gasteiger partial charge in [-0.05, 0) is 30.0 Å². The lowest BCUT2D eigenvalue weighted by atomic mass is 10.1. The Hall–Kier alpha value is -0.570. The van der Waals surface area contributed by atoms with Crippen molar-refractivity contribution in [3.63, 3.8) is 0 Å². The monoisotopic (exact) mass is 239 g/mol.